The fraction of sp³-hybridized carbons (Fsp3) is 1.00. The minimum Gasteiger partial charge on any atom is -1.00 e. The Morgan fingerprint density at radius 3 is 1.31 bits per heavy atom. The second kappa shape index (κ2) is 25.2. The van der Waals surface area contributed by atoms with Gasteiger partial charge in [0.05, 0.1) is 0 Å². The summed E-state index contributed by atoms with van der Waals surface area (Å²) < 4.78 is 0. The number of rotatable bonds is 5. The van der Waals surface area contributed by atoms with Crippen LogP contribution in [0, 0.1) is 11.8 Å². The van der Waals surface area contributed by atoms with Gasteiger partial charge in [-0.15, -0.1) is 13.1 Å². The number of hydrogen-bond acceptors (Lipinski definition) is 1. The maximum atomic E-state index is 7.88. The third kappa shape index (κ3) is 45.6. The van der Waals surface area contributed by atoms with Gasteiger partial charge in [0.25, 0.3) is 0 Å². The third-order valence-corrected chi connectivity index (χ3v) is 1.21. The van der Waals surface area contributed by atoms with E-state index in [2.05, 4.69) is 33.0 Å². The van der Waals surface area contributed by atoms with Crippen molar-refractivity contribution < 1.29 is 51.6 Å². The molecule has 1 N–H and O–H groups in total. The molecule has 0 aliphatic carbocycles. The molecule has 0 bridgehead atoms. The van der Waals surface area contributed by atoms with E-state index in [-0.39, 0.29) is 46.5 Å². The first kappa shape index (κ1) is 30.3. The molecule has 1 radical (unpaired) electrons. The standard InChI is InChI=1S/C8H18N.C3H8O.2ClH.Ti/c1-7(2)5-9-6-8(3)4;1-2-3-4;;;/h7-8H,5-6H2,1-4H3;4H,2-3H2,1H3;2*1H;/q-1;;;;+3/p-2. The van der Waals surface area contributed by atoms with Crippen molar-refractivity contribution in [3.8, 4) is 0 Å². The Labute approximate surface area is 129 Å². The average molecular weight is 307 g/mol. The van der Waals surface area contributed by atoms with Crippen LogP contribution in [0.3, 0.4) is 0 Å². The summed E-state index contributed by atoms with van der Waals surface area (Å²) in [5, 5.41) is 12.2. The summed E-state index contributed by atoms with van der Waals surface area (Å²) in [6.45, 7) is 13.1. The number of halogens is 2. The van der Waals surface area contributed by atoms with E-state index < -0.39 is 0 Å². The summed E-state index contributed by atoms with van der Waals surface area (Å²) >= 11 is 0. The maximum Gasteiger partial charge on any atom is 3.00 e. The average Bonchev–Trinajstić information content (AvgIpc) is 2.03. The van der Waals surface area contributed by atoms with Gasteiger partial charge in [0.15, 0.2) is 0 Å². The molecule has 0 aromatic heterocycles. The van der Waals surface area contributed by atoms with Crippen LogP contribution in [0.4, 0.5) is 0 Å². The van der Waals surface area contributed by atoms with Gasteiger partial charge in [-0.3, -0.25) is 0 Å². The number of aliphatic hydroxyl groups excluding tert-OH is 1. The van der Waals surface area contributed by atoms with E-state index in [0.29, 0.717) is 6.61 Å². The van der Waals surface area contributed by atoms with E-state index in [9.17, 15) is 0 Å². The van der Waals surface area contributed by atoms with Gasteiger partial charge >= 0.3 is 21.7 Å². The Kier molecular flexibility index (Phi) is 47.7. The van der Waals surface area contributed by atoms with Crippen LogP contribution in [0.1, 0.15) is 41.0 Å². The van der Waals surface area contributed by atoms with Gasteiger partial charge in [-0.25, -0.2) is 0 Å². The van der Waals surface area contributed by atoms with Crippen molar-refractivity contribution >= 4 is 0 Å². The Balaban J connectivity index is -0.0000000511. The second-order valence-corrected chi connectivity index (χ2v) is 4.10. The molecular formula is C11H26Cl2NOTi. The second-order valence-electron chi connectivity index (χ2n) is 4.10. The molecule has 0 saturated carbocycles. The first-order chi connectivity index (χ1) is 6.04. The topological polar surface area (TPSA) is 34.3 Å². The van der Waals surface area contributed by atoms with Crippen LogP contribution in [-0.2, 0) is 21.7 Å². The van der Waals surface area contributed by atoms with Gasteiger partial charge in [0.1, 0.15) is 0 Å². The largest absolute Gasteiger partial charge is 3.00 e. The van der Waals surface area contributed by atoms with Gasteiger partial charge in [0.2, 0.25) is 0 Å². The Morgan fingerprint density at radius 1 is 0.938 bits per heavy atom. The van der Waals surface area contributed by atoms with Crippen LogP contribution in [0.15, 0.2) is 0 Å². The van der Waals surface area contributed by atoms with E-state index in [4.69, 9.17) is 5.11 Å². The number of aliphatic hydroxyl groups is 1. The molecule has 0 fully saturated rings. The van der Waals surface area contributed by atoms with Crippen molar-refractivity contribution in [3.05, 3.63) is 5.32 Å². The minimum atomic E-state index is 0. The molecule has 0 rings (SSSR count). The SMILES string of the molecule is CC(C)C[N-]CC(C)C.CCCO.[Cl-].[Cl-].[Ti+3]. The molecule has 5 heteroatoms. The molecule has 16 heavy (non-hydrogen) atoms. The van der Waals surface area contributed by atoms with Crippen molar-refractivity contribution in [1.82, 2.24) is 0 Å². The Bertz CT molecular complexity index is 86.1. The van der Waals surface area contributed by atoms with Crippen LogP contribution in [0.25, 0.3) is 5.32 Å². The molecule has 0 unspecified atom stereocenters. The van der Waals surface area contributed by atoms with E-state index in [1.807, 2.05) is 6.92 Å². The van der Waals surface area contributed by atoms with Crippen LogP contribution in [0.2, 0.25) is 0 Å². The predicted molar refractivity (Wildman–Crippen MR) is 60.1 cm³/mol. The third-order valence-electron chi connectivity index (χ3n) is 1.21. The van der Waals surface area contributed by atoms with Gasteiger partial charge in [0, 0.05) is 6.61 Å². The van der Waals surface area contributed by atoms with E-state index in [1.165, 1.54) is 0 Å². The van der Waals surface area contributed by atoms with Crippen molar-refractivity contribution in [2.45, 2.75) is 41.0 Å². The van der Waals surface area contributed by atoms with Crippen LogP contribution in [0.5, 0.6) is 0 Å². The molecule has 0 spiro atoms. The normalized spacial score (nSPS) is 8.25. The summed E-state index contributed by atoms with van der Waals surface area (Å²) in [6, 6.07) is 0. The van der Waals surface area contributed by atoms with Gasteiger partial charge in [-0.2, -0.15) is 0 Å². The molecule has 0 saturated heterocycles. The molecule has 0 atom stereocenters. The first-order valence-corrected chi connectivity index (χ1v) is 5.28. The molecule has 99 valence electrons. The summed E-state index contributed by atoms with van der Waals surface area (Å²) in [5.41, 5.74) is 0. The van der Waals surface area contributed by atoms with Gasteiger partial charge < -0.3 is 35.2 Å². The number of hydrogen-bond donors (Lipinski definition) is 1. The molecule has 2 nitrogen and oxygen atoms in total. The van der Waals surface area contributed by atoms with Crippen molar-refractivity contribution in [2.75, 3.05) is 19.7 Å². The summed E-state index contributed by atoms with van der Waals surface area (Å²) in [6.07, 6.45) is 0.875. The van der Waals surface area contributed by atoms with E-state index in [0.717, 1.165) is 31.3 Å². The fourth-order valence-corrected chi connectivity index (χ4v) is 0.591. The van der Waals surface area contributed by atoms with Gasteiger partial charge in [-0.05, 0) is 6.42 Å². The molecular weight excluding hydrogens is 281 g/mol. The van der Waals surface area contributed by atoms with Crippen LogP contribution >= 0.6 is 0 Å². The molecule has 0 heterocycles. The smallest absolute Gasteiger partial charge is 1.00 e. The van der Waals surface area contributed by atoms with Gasteiger partial charge in [-0.1, -0.05) is 46.5 Å². The molecule has 0 aromatic rings. The van der Waals surface area contributed by atoms with Crippen LogP contribution < -0.4 is 24.8 Å². The summed E-state index contributed by atoms with van der Waals surface area (Å²) in [7, 11) is 0. The predicted octanol–water partition coefficient (Wildman–Crippen LogP) is -2.93. The molecule has 0 aliphatic rings. The monoisotopic (exact) mass is 306 g/mol. The van der Waals surface area contributed by atoms with Crippen molar-refractivity contribution in [1.29, 1.82) is 0 Å². The molecule has 0 amide bonds. The summed E-state index contributed by atoms with van der Waals surface area (Å²) in [5.74, 6) is 1.45. The summed E-state index contributed by atoms with van der Waals surface area (Å²) in [4.78, 5) is 0. The zero-order valence-corrected chi connectivity index (χ0v) is 14.2. The molecule has 0 aromatic carbocycles. The maximum absolute atomic E-state index is 7.88. The quantitative estimate of drug-likeness (QED) is 0.542. The number of nitrogens with zero attached hydrogens (tertiary/aromatic N) is 1. The zero-order chi connectivity index (χ0) is 10.7. The minimum absolute atomic E-state index is 0. The fourth-order valence-electron chi connectivity index (χ4n) is 0.591. The van der Waals surface area contributed by atoms with Crippen LogP contribution in [-0.4, -0.2) is 24.8 Å². The first-order valence-electron chi connectivity index (χ1n) is 5.28. The zero-order valence-electron chi connectivity index (χ0n) is 11.1. The Morgan fingerprint density at radius 2 is 1.19 bits per heavy atom. The van der Waals surface area contributed by atoms with Crippen molar-refractivity contribution in [2.24, 2.45) is 11.8 Å². The van der Waals surface area contributed by atoms with E-state index in [1.54, 1.807) is 0 Å². The molecule has 0 aliphatic heterocycles. The van der Waals surface area contributed by atoms with E-state index >= 15 is 0 Å². The van der Waals surface area contributed by atoms with Crippen molar-refractivity contribution in [3.63, 3.8) is 0 Å². The Hall–Kier alpha value is 1.21.